The van der Waals surface area contributed by atoms with Gasteiger partial charge in [-0.2, -0.15) is 0 Å². The van der Waals surface area contributed by atoms with Gasteiger partial charge in [0.25, 0.3) is 0 Å². The molecule has 0 spiro atoms. The van der Waals surface area contributed by atoms with Gasteiger partial charge in [-0.1, -0.05) is 6.92 Å². The Kier molecular flexibility index (Phi) is 5.00. The molecule has 0 aromatic carbocycles. The van der Waals surface area contributed by atoms with Crippen LogP contribution in [0.15, 0.2) is 23.7 Å². The molecule has 0 saturated carbocycles. The van der Waals surface area contributed by atoms with Crippen molar-refractivity contribution in [1.29, 1.82) is 0 Å². The molecule has 0 bridgehead atoms. The first-order valence-corrected chi connectivity index (χ1v) is 8.18. The molecule has 0 fully saturated rings. The van der Waals surface area contributed by atoms with E-state index in [4.69, 9.17) is 4.98 Å². The molecule has 0 unspecified atom stereocenters. The molecule has 0 aliphatic heterocycles. The Morgan fingerprint density at radius 3 is 2.85 bits per heavy atom. The summed E-state index contributed by atoms with van der Waals surface area (Å²) in [5.74, 6) is 0. The van der Waals surface area contributed by atoms with Crippen molar-refractivity contribution >= 4 is 11.3 Å². The van der Waals surface area contributed by atoms with Crippen LogP contribution in [0.25, 0.3) is 0 Å². The predicted octanol–water partition coefficient (Wildman–Crippen LogP) is 3.83. The Balaban J connectivity index is 2.00. The van der Waals surface area contributed by atoms with Crippen molar-refractivity contribution in [3.05, 3.63) is 40.1 Å². The molecule has 0 radical (unpaired) electrons. The van der Waals surface area contributed by atoms with E-state index in [0.29, 0.717) is 0 Å². The lowest BCUT2D eigenvalue weighted by Crippen LogP contribution is -2.35. The van der Waals surface area contributed by atoms with Crippen LogP contribution in [0, 0.1) is 0 Å². The molecular formula is C16H25N3S. The minimum absolute atomic E-state index is 0.143. The van der Waals surface area contributed by atoms with Gasteiger partial charge in [0.05, 0.1) is 17.2 Å². The minimum atomic E-state index is 0.143. The van der Waals surface area contributed by atoms with Gasteiger partial charge in [-0.05, 0) is 45.7 Å². The van der Waals surface area contributed by atoms with E-state index in [1.54, 1.807) is 11.3 Å². The number of nitrogens with zero attached hydrogens (tertiary/aromatic N) is 2. The van der Waals surface area contributed by atoms with E-state index in [9.17, 15) is 0 Å². The van der Waals surface area contributed by atoms with Crippen LogP contribution in [0.2, 0.25) is 0 Å². The standard InChI is InChI=1S/C16H25N3S/c1-5-7-15-18-13(12-20-15)11-19-9-6-8-14(19)10-17-16(2,3)4/h6,8-9,12,17H,5,7,10-11H2,1-4H3. The number of nitrogens with one attached hydrogen (secondary N) is 1. The third-order valence-electron chi connectivity index (χ3n) is 3.12. The van der Waals surface area contributed by atoms with E-state index >= 15 is 0 Å². The smallest absolute Gasteiger partial charge is 0.0928 e. The quantitative estimate of drug-likeness (QED) is 0.876. The van der Waals surface area contributed by atoms with E-state index in [0.717, 1.165) is 25.9 Å². The lowest BCUT2D eigenvalue weighted by Gasteiger charge is -2.21. The SMILES string of the molecule is CCCc1nc(Cn2cccc2CNC(C)(C)C)cs1. The zero-order valence-corrected chi connectivity index (χ0v) is 13.8. The molecule has 0 aliphatic carbocycles. The molecule has 2 aromatic rings. The summed E-state index contributed by atoms with van der Waals surface area (Å²) >= 11 is 1.78. The molecule has 0 amide bonds. The van der Waals surface area contributed by atoms with Gasteiger partial charge < -0.3 is 9.88 Å². The fourth-order valence-electron chi connectivity index (χ4n) is 2.04. The monoisotopic (exact) mass is 291 g/mol. The zero-order chi connectivity index (χ0) is 14.6. The van der Waals surface area contributed by atoms with Gasteiger partial charge >= 0.3 is 0 Å². The van der Waals surface area contributed by atoms with Crippen molar-refractivity contribution in [2.75, 3.05) is 0 Å². The molecule has 0 atom stereocenters. The van der Waals surface area contributed by atoms with Gasteiger partial charge in [-0.3, -0.25) is 0 Å². The number of thiazole rings is 1. The van der Waals surface area contributed by atoms with Gasteiger partial charge in [-0.15, -0.1) is 11.3 Å². The molecule has 3 nitrogen and oxygen atoms in total. The molecule has 20 heavy (non-hydrogen) atoms. The second kappa shape index (κ2) is 6.55. The van der Waals surface area contributed by atoms with E-state index < -0.39 is 0 Å². The Morgan fingerprint density at radius 2 is 2.15 bits per heavy atom. The molecule has 2 heterocycles. The lowest BCUT2D eigenvalue weighted by atomic mass is 10.1. The van der Waals surface area contributed by atoms with Crippen LogP contribution in [0.1, 0.15) is 50.5 Å². The Bertz CT molecular complexity index is 534. The fourth-order valence-corrected chi connectivity index (χ4v) is 2.94. The van der Waals surface area contributed by atoms with Gasteiger partial charge in [0, 0.05) is 29.4 Å². The first kappa shape index (κ1) is 15.3. The maximum atomic E-state index is 4.70. The van der Waals surface area contributed by atoms with Gasteiger partial charge in [-0.25, -0.2) is 4.98 Å². The summed E-state index contributed by atoms with van der Waals surface area (Å²) in [6, 6.07) is 4.29. The van der Waals surface area contributed by atoms with Crippen LogP contribution in [-0.4, -0.2) is 15.1 Å². The van der Waals surface area contributed by atoms with Crippen molar-refractivity contribution in [3.63, 3.8) is 0 Å². The second-order valence-electron chi connectivity index (χ2n) is 6.21. The molecule has 4 heteroatoms. The molecule has 110 valence electrons. The number of hydrogen-bond donors (Lipinski definition) is 1. The summed E-state index contributed by atoms with van der Waals surface area (Å²) in [4.78, 5) is 4.70. The van der Waals surface area contributed by atoms with Crippen molar-refractivity contribution in [1.82, 2.24) is 14.9 Å². The largest absolute Gasteiger partial charge is 0.344 e. The maximum absolute atomic E-state index is 4.70. The van der Waals surface area contributed by atoms with Crippen molar-refractivity contribution in [2.24, 2.45) is 0 Å². The highest BCUT2D eigenvalue weighted by molar-refractivity contribution is 7.09. The summed E-state index contributed by atoms with van der Waals surface area (Å²) in [5.41, 5.74) is 2.63. The molecule has 2 rings (SSSR count). The van der Waals surface area contributed by atoms with Crippen molar-refractivity contribution in [3.8, 4) is 0 Å². The number of aryl methyl sites for hydroxylation is 1. The molecule has 0 aliphatic rings. The summed E-state index contributed by atoms with van der Waals surface area (Å²) in [6.07, 6.45) is 4.39. The highest BCUT2D eigenvalue weighted by Gasteiger charge is 2.11. The topological polar surface area (TPSA) is 29.9 Å². The first-order valence-electron chi connectivity index (χ1n) is 7.30. The van der Waals surface area contributed by atoms with E-state index in [-0.39, 0.29) is 5.54 Å². The van der Waals surface area contributed by atoms with Crippen LogP contribution in [0.3, 0.4) is 0 Å². The summed E-state index contributed by atoms with van der Waals surface area (Å²) in [5, 5.41) is 6.98. The summed E-state index contributed by atoms with van der Waals surface area (Å²) in [6.45, 7) is 10.5. The fraction of sp³-hybridized carbons (Fsp3) is 0.562. The summed E-state index contributed by atoms with van der Waals surface area (Å²) in [7, 11) is 0. The second-order valence-corrected chi connectivity index (χ2v) is 7.16. The average Bonchev–Trinajstić information content (AvgIpc) is 2.97. The molecule has 1 N–H and O–H groups in total. The Labute approximate surface area is 126 Å². The number of aromatic nitrogens is 2. The van der Waals surface area contributed by atoms with Crippen LogP contribution in [0.5, 0.6) is 0 Å². The average molecular weight is 291 g/mol. The van der Waals surface area contributed by atoms with Crippen molar-refractivity contribution in [2.45, 2.75) is 59.2 Å². The highest BCUT2D eigenvalue weighted by atomic mass is 32.1. The maximum Gasteiger partial charge on any atom is 0.0928 e. The van der Waals surface area contributed by atoms with Gasteiger partial charge in [0.15, 0.2) is 0 Å². The van der Waals surface area contributed by atoms with Crippen molar-refractivity contribution < 1.29 is 0 Å². The molecule has 2 aromatic heterocycles. The number of rotatable bonds is 6. The Morgan fingerprint density at radius 1 is 1.35 bits per heavy atom. The van der Waals surface area contributed by atoms with Crippen LogP contribution in [-0.2, 0) is 19.5 Å². The molecular weight excluding hydrogens is 266 g/mol. The lowest BCUT2D eigenvalue weighted by molar-refractivity contribution is 0.416. The van der Waals surface area contributed by atoms with Gasteiger partial charge in [0.2, 0.25) is 0 Å². The van der Waals surface area contributed by atoms with E-state index in [1.807, 2.05) is 0 Å². The third kappa shape index (κ3) is 4.46. The highest BCUT2D eigenvalue weighted by Crippen LogP contribution is 2.14. The molecule has 0 saturated heterocycles. The normalized spacial score (nSPS) is 12.0. The van der Waals surface area contributed by atoms with Crippen LogP contribution >= 0.6 is 11.3 Å². The van der Waals surface area contributed by atoms with Crippen LogP contribution in [0.4, 0.5) is 0 Å². The predicted molar refractivity (Wildman–Crippen MR) is 86.2 cm³/mol. The van der Waals surface area contributed by atoms with Gasteiger partial charge in [0.1, 0.15) is 0 Å². The Hall–Kier alpha value is -1.13. The number of hydrogen-bond acceptors (Lipinski definition) is 3. The first-order chi connectivity index (χ1) is 9.48. The van der Waals surface area contributed by atoms with E-state index in [2.05, 4.69) is 61.3 Å². The summed E-state index contributed by atoms with van der Waals surface area (Å²) < 4.78 is 2.28. The zero-order valence-electron chi connectivity index (χ0n) is 12.9. The van der Waals surface area contributed by atoms with E-state index in [1.165, 1.54) is 16.4 Å². The third-order valence-corrected chi connectivity index (χ3v) is 4.08. The minimum Gasteiger partial charge on any atom is -0.344 e. The van der Waals surface area contributed by atoms with Crippen LogP contribution < -0.4 is 5.32 Å².